The number of hydrogen-bond acceptors (Lipinski definition) is 5. The van der Waals surface area contributed by atoms with E-state index in [9.17, 15) is 0 Å². The van der Waals surface area contributed by atoms with Gasteiger partial charge in [0.15, 0.2) is 0 Å². The number of hydrogen-bond donors (Lipinski definition) is 1. The van der Waals surface area contributed by atoms with Gasteiger partial charge in [0.05, 0.1) is 6.20 Å². The van der Waals surface area contributed by atoms with Gasteiger partial charge in [-0.15, -0.1) is 0 Å². The zero-order valence-corrected chi connectivity index (χ0v) is 15.8. The Morgan fingerprint density at radius 1 is 0.963 bits per heavy atom. The standard InChI is InChI=1S/C21H22ClN5/c22-18-7-4-16(5-8-18)15-27-12-2-1-3-19(27)17-6-9-20(25-13-17)26-21-14-23-10-11-24-21/h4-11,13-14,19H,1-3,12,15H2,(H,24,25,26)/t19-/m1/s1. The summed E-state index contributed by atoms with van der Waals surface area (Å²) in [6.45, 7) is 2.04. The highest BCUT2D eigenvalue weighted by Gasteiger charge is 2.24. The molecule has 1 N–H and O–H groups in total. The van der Waals surface area contributed by atoms with E-state index >= 15 is 0 Å². The van der Waals surface area contributed by atoms with Crippen LogP contribution in [0, 0.1) is 0 Å². The second-order valence-electron chi connectivity index (χ2n) is 6.80. The summed E-state index contributed by atoms with van der Waals surface area (Å²) in [6, 6.07) is 12.7. The second kappa shape index (κ2) is 8.46. The molecule has 3 aromatic rings. The van der Waals surface area contributed by atoms with Crippen LogP contribution in [-0.2, 0) is 6.54 Å². The lowest BCUT2D eigenvalue weighted by molar-refractivity contribution is 0.140. The molecule has 138 valence electrons. The maximum absolute atomic E-state index is 6.02. The summed E-state index contributed by atoms with van der Waals surface area (Å²) in [5.74, 6) is 1.47. The average molecular weight is 380 g/mol. The zero-order valence-electron chi connectivity index (χ0n) is 15.1. The van der Waals surface area contributed by atoms with Crippen LogP contribution < -0.4 is 5.32 Å². The molecule has 6 heteroatoms. The molecule has 1 aromatic carbocycles. The molecule has 0 aliphatic carbocycles. The van der Waals surface area contributed by atoms with Crippen LogP contribution in [0.15, 0.2) is 61.2 Å². The quantitative estimate of drug-likeness (QED) is 0.676. The molecule has 0 saturated carbocycles. The van der Waals surface area contributed by atoms with Gasteiger partial charge >= 0.3 is 0 Å². The molecule has 1 aliphatic rings. The highest BCUT2D eigenvalue weighted by atomic mass is 35.5. The Morgan fingerprint density at radius 2 is 1.85 bits per heavy atom. The molecule has 1 aliphatic heterocycles. The first kappa shape index (κ1) is 17.9. The zero-order chi connectivity index (χ0) is 18.5. The SMILES string of the molecule is Clc1ccc(CN2CCCC[C@@H]2c2ccc(Nc3cnccn3)nc2)cc1. The maximum Gasteiger partial charge on any atom is 0.150 e. The van der Waals surface area contributed by atoms with E-state index in [0.717, 1.165) is 30.4 Å². The largest absolute Gasteiger partial charge is 0.324 e. The molecular weight excluding hydrogens is 358 g/mol. The number of nitrogens with one attached hydrogen (secondary N) is 1. The van der Waals surface area contributed by atoms with Crippen molar-refractivity contribution < 1.29 is 0 Å². The van der Waals surface area contributed by atoms with Crippen LogP contribution in [0.2, 0.25) is 5.02 Å². The molecule has 1 fully saturated rings. The van der Waals surface area contributed by atoms with Crippen molar-refractivity contribution in [2.45, 2.75) is 31.8 Å². The predicted molar refractivity (Wildman–Crippen MR) is 108 cm³/mol. The molecule has 0 bridgehead atoms. The van der Waals surface area contributed by atoms with E-state index in [4.69, 9.17) is 11.6 Å². The van der Waals surface area contributed by atoms with Gasteiger partial charge in [-0.05, 0) is 48.7 Å². The Hall–Kier alpha value is -2.50. The number of anilines is 2. The summed E-state index contributed by atoms with van der Waals surface area (Å²) in [7, 11) is 0. The third kappa shape index (κ3) is 4.62. The lowest BCUT2D eigenvalue weighted by Gasteiger charge is -2.36. The Bertz CT molecular complexity index is 852. The first-order valence-electron chi connectivity index (χ1n) is 9.25. The fraction of sp³-hybridized carbons (Fsp3) is 0.286. The monoisotopic (exact) mass is 379 g/mol. The summed E-state index contributed by atoms with van der Waals surface area (Å²) < 4.78 is 0. The van der Waals surface area contributed by atoms with Crippen molar-refractivity contribution in [2.75, 3.05) is 11.9 Å². The van der Waals surface area contributed by atoms with Crippen LogP contribution in [0.5, 0.6) is 0 Å². The summed E-state index contributed by atoms with van der Waals surface area (Å²) in [6.07, 6.45) is 10.6. The van der Waals surface area contributed by atoms with Crippen LogP contribution in [-0.4, -0.2) is 26.4 Å². The third-order valence-corrected chi connectivity index (χ3v) is 5.16. The van der Waals surface area contributed by atoms with Gasteiger partial charge in [0.25, 0.3) is 0 Å². The number of rotatable bonds is 5. The highest BCUT2D eigenvalue weighted by Crippen LogP contribution is 2.32. The summed E-state index contributed by atoms with van der Waals surface area (Å²) in [5.41, 5.74) is 2.55. The first-order chi connectivity index (χ1) is 13.3. The molecule has 0 amide bonds. The molecule has 0 spiro atoms. The van der Waals surface area contributed by atoms with E-state index in [1.54, 1.807) is 18.6 Å². The fourth-order valence-corrected chi connectivity index (χ4v) is 3.68. The van der Waals surface area contributed by atoms with Crippen molar-refractivity contribution in [3.63, 3.8) is 0 Å². The number of likely N-dealkylation sites (tertiary alicyclic amines) is 1. The molecule has 3 heterocycles. The van der Waals surface area contributed by atoms with E-state index in [1.807, 2.05) is 24.4 Å². The number of piperidine rings is 1. The van der Waals surface area contributed by atoms with Crippen molar-refractivity contribution >= 4 is 23.2 Å². The van der Waals surface area contributed by atoms with Crippen molar-refractivity contribution in [2.24, 2.45) is 0 Å². The van der Waals surface area contributed by atoms with Gasteiger partial charge in [0.1, 0.15) is 11.6 Å². The molecule has 0 radical (unpaired) electrons. The number of halogens is 1. The second-order valence-corrected chi connectivity index (χ2v) is 7.24. The van der Waals surface area contributed by atoms with Gasteiger partial charge in [-0.2, -0.15) is 0 Å². The summed E-state index contributed by atoms with van der Waals surface area (Å²) in [4.78, 5) is 15.4. The van der Waals surface area contributed by atoms with Gasteiger partial charge < -0.3 is 5.32 Å². The van der Waals surface area contributed by atoms with E-state index in [0.29, 0.717) is 11.9 Å². The lowest BCUT2D eigenvalue weighted by Crippen LogP contribution is -2.33. The number of pyridine rings is 1. The Balaban J connectivity index is 1.47. The van der Waals surface area contributed by atoms with Gasteiger partial charge in [-0.1, -0.05) is 36.2 Å². The minimum absolute atomic E-state index is 0.396. The van der Waals surface area contributed by atoms with E-state index in [1.165, 1.54) is 24.0 Å². The van der Waals surface area contributed by atoms with Crippen molar-refractivity contribution in [1.29, 1.82) is 0 Å². The molecule has 5 nitrogen and oxygen atoms in total. The van der Waals surface area contributed by atoms with Crippen LogP contribution in [0.3, 0.4) is 0 Å². The van der Waals surface area contributed by atoms with Crippen molar-refractivity contribution in [3.8, 4) is 0 Å². The smallest absolute Gasteiger partial charge is 0.150 e. The van der Waals surface area contributed by atoms with Gasteiger partial charge in [-0.3, -0.25) is 9.88 Å². The minimum Gasteiger partial charge on any atom is -0.324 e. The molecular formula is C21H22ClN5. The molecule has 4 rings (SSSR count). The fourth-order valence-electron chi connectivity index (χ4n) is 3.55. The van der Waals surface area contributed by atoms with Crippen molar-refractivity contribution in [3.05, 3.63) is 77.3 Å². The minimum atomic E-state index is 0.396. The van der Waals surface area contributed by atoms with E-state index in [-0.39, 0.29) is 0 Å². The lowest BCUT2D eigenvalue weighted by atomic mass is 9.95. The topological polar surface area (TPSA) is 53.9 Å². The van der Waals surface area contributed by atoms with Gasteiger partial charge in [0.2, 0.25) is 0 Å². The van der Waals surface area contributed by atoms with E-state index in [2.05, 4.69) is 43.4 Å². The van der Waals surface area contributed by atoms with Gasteiger partial charge in [0, 0.05) is 36.2 Å². The maximum atomic E-state index is 6.02. The summed E-state index contributed by atoms with van der Waals surface area (Å²) >= 11 is 6.02. The van der Waals surface area contributed by atoms with Crippen LogP contribution in [0.25, 0.3) is 0 Å². The Kier molecular flexibility index (Phi) is 5.61. The number of nitrogens with zero attached hydrogens (tertiary/aromatic N) is 4. The molecule has 27 heavy (non-hydrogen) atoms. The summed E-state index contributed by atoms with van der Waals surface area (Å²) in [5, 5.41) is 3.96. The van der Waals surface area contributed by atoms with E-state index < -0.39 is 0 Å². The highest BCUT2D eigenvalue weighted by molar-refractivity contribution is 6.30. The van der Waals surface area contributed by atoms with Gasteiger partial charge in [-0.25, -0.2) is 9.97 Å². The van der Waals surface area contributed by atoms with Crippen LogP contribution in [0.4, 0.5) is 11.6 Å². The van der Waals surface area contributed by atoms with Crippen molar-refractivity contribution in [1.82, 2.24) is 19.9 Å². The first-order valence-corrected chi connectivity index (χ1v) is 9.63. The van der Waals surface area contributed by atoms with Crippen LogP contribution >= 0.6 is 11.6 Å². The molecule has 2 aromatic heterocycles. The average Bonchev–Trinajstić information content (AvgIpc) is 2.72. The van der Waals surface area contributed by atoms with Crippen LogP contribution in [0.1, 0.15) is 36.4 Å². The normalized spacial score (nSPS) is 17.6. The third-order valence-electron chi connectivity index (χ3n) is 4.90. The predicted octanol–water partition coefficient (Wildman–Crippen LogP) is 5.00. The molecule has 1 saturated heterocycles. The Labute approximate surface area is 164 Å². The molecule has 1 atom stereocenters. The number of aromatic nitrogens is 3. The Morgan fingerprint density at radius 3 is 2.59 bits per heavy atom. The molecule has 0 unspecified atom stereocenters. The number of benzene rings is 1.